The molecule has 0 saturated carbocycles. The molecular weight excluding hydrogens is 374 g/mol. The van der Waals surface area contributed by atoms with Crippen LogP contribution in [0.1, 0.15) is 30.0 Å². The molecule has 1 heterocycles. The van der Waals surface area contributed by atoms with Crippen LogP contribution in [0.2, 0.25) is 0 Å². The van der Waals surface area contributed by atoms with E-state index in [1.807, 2.05) is 18.2 Å². The maximum atomic E-state index is 11.6. The van der Waals surface area contributed by atoms with Crippen LogP contribution in [0.5, 0.6) is 11.5 Å². The summed E-state index contributed by atoms with van der Waals surface area (Å²) in [5, 5.41) is 9.57. The summed E-state index contributed by atoms with van der Waals surface area (Å²) in [6.07, 6.45) is 3.62. The molecule has 1 aliphatic heterocycles. The van der Waals surface area contributed by atoms with Gasteiger partial charge in [0, 0.05) is 11.4 Å². The summed E-state index contributed by atoms with van der Waals surface area (Å²) in [6.45, 7) is 1.34. The molecule has 0 bridgehead atoms. The Hall–Kier alpha value is -2.18. The number of carboxylic acids is 1. The van der Waals surface area contributed by atoms with Crippen molar-refractivity contribution >= 4 is 17.7 Å². The van der Waals surface area contributed by atoms with Gasteiger partial charge in [0.25, 0.3) is 0 Å². The third kappa shape index (κ3) is 4.28. The normalized spacial score (nSPS) is 18.5. The topological polar surface area (TPSA) is 59.0 Å². The number of thioether (sulfide) groups is 1. The summed E-state index contributed by atoms with van der Waals surface area (Å²) in [6, 6.07) is 14.1. The Morgan fingerprint density at radius 3 is 2.32 bits per heavy atom. The summed E-state index contributed by atoms with van der Waals surface area (Å²) >= 11 is 1.70. The minimum Gasteiger partial charge on any atom is -0.496 e. The Balaban J connectivity index is 2.11. The number of nitrogens with zero attached hydrogens (tertiary/aromatic N) is 1. The van der Waals surface area contributed by atoms with Crippen LogP contribution >= 0.6 is 11.8 Å². The van der Waals surface area contributed by atoms with Crippen molar-refractivity contribution in [3.05, 3.63) is 53.6 Å². The molecule has 1 fully saturated rings. The van der Waals surface area contributed by atoms with Gasteiger partial charge in [0.15, 0.2) is 0 Å². The first kappa shape index (κ1) is 20.6. The highest BCUT2D eigenvalue weighted by Gasteiger charge is 2.34. The van der Waals surface area contributed by atoms with E-state index in [1.165, 1.54) is 4.90 Å². The van der Waals surface area contributed by atoms with Crippen molar-refractivity contribution in [2.75, 3.05) is 33.6 Å². The second-order valence-corrected chi connectivity index (χ2v) is 7.80. The average molecular weight is 402 g/mol. The molecule has 2 aromatic carbocycles. The zero-order chi connectivity index (χ0) is 20.1. The number of hydrogen-bond donors (Lipinski definition) is 1. The smallest absolute Gasteiger partial charge is 0.307 e. The summed E-state index contributed by atoms with van der Waals surface area (Å²) < 4.78 is 11.3. The minimum absolute atomic E-state index is 0.135. The Morgan fingerprint density at radius 2 is 1.79 bits per heavy atom. The van der Waals surface area contributed by atoms with Crippen LogP contribution in [0.3, 0.4) is 0 Å². The van der Waals surface area contributed by atoms with Crippen molar-refractivity contribution in [1.82, 2.24) is 4.90 Å². The van der Waals surface area contributed by atoms with Crippen molar-refractivity contribution in [3.8, 4) is 11.5 Å². The van der Waals surface area contributed by atoms with Crippen LogP contribution in [0.25, 0.3) is 0 Å². The van der Waals surface area contributed by atoms with Gasteiger partial charge >= 0.3 is 5.97 Å². The summed E-state index contributed by atoms with van der Waals surface area (Å²) in [5.41, 5.74) is 2.04. The first-order chi connectivity index (χ1) is 13.6. The quantitative estimate of drug-likeness (QED) is 0.698. The van der Waals surface area contributed by atoms with Gasteiger partial charge in [0.1, 0.15) is 11.5 Å². The minimum atomic E-state index is -0.729. The van der Waals surface area contributed by atoms with Crippen LogP contribution < -0.4 is 9.47 Å². The molecule has 0 radical (unpaired) electrons. The van der Waals surface area contributed by atoms with Crippen LogP contribution in [0.15, 0.2) is 47.4 Å². The first-order valence-electron chi connectivity index (χ1n) is 9.40. The predicted octanol–water partition coefficient (Wildman–Crippen LogP) is 4.31. The van der Waals surface area contributed by atoms with Crippen molar-refractivity contribution in [2.45, 2.75) is 23.8 Å². The van der Waals surface area contributed by atoms with E-state index in [0.29, 0.717) is 13.0 Å². The third-order valence-electron chi connectivity index (χ3n) is 5.34. The molecule has 0 amide bonds. The number of methoxy groups -OCH3 is 2. The van der Waals surface area contributed by atoms with Crippen LogP contribution in [-0.2, 0) is 4.79 Å². The molecule has 28 heavy (non-hydrogen) atoms. The monoisotopic (exact) mass is 401 g/mol. The maximum Gasteiger partial charge on any atom is 0.307 e. The van der Waals surface area contributed by atoms with E-state index in [0.717, 1.165) is 35.6 Å². The average Bonchev–Trinajstić information content (AvgIpc) is 2.74. The molecule has 2 aromatic rings. The first-order valence-corrected chi connectivity index (χ1v) is 10.6. The van der Waals surface area contributed by atoms with E-state index in [1.54, 1.807) is 26.0 Å². The zero-order valence-corrected chi connectivity index (χ0v) is 17.4. The lowest BCUT2D eigenvalue weighted by molar-refractivity contribution is -0.143. The van der Waals surface area contributed by atoms with Gasteiger partial charge in [0.2, 0.25) is 0 Å². The Labute approximate surface area is 170 Å². The van der Waals surface area contributed by atoms with Gasteiger partial charge in [-0.05, 0) is 55.5 Å². The molecule has 3 rings (SSSR count). The summed E-state index contributed by atoms with van der Waals surface area (Å²) in [7, 11) is 3.31. The molecule has 2 unspecified atom stereocenters. The second kappa shape index (κ2) is 9.34. The number of ether oxygens (including phenoxy) is 2. The second-order valence-electron chi connectivity index (χ2n) is 6.92. The molecule has 0 aliphatic carbocycles. The number of carboxylic acid groups (broad SMARTS) is 1. The number of benzene rings is 2. The Morgan fingerprint density at radius 1 is 1.14 bits per heavy atom. The van der Waals surface area contributed by atoms with Gasteiger partial charge in [-0.15, -0.1) is 11.8 Å². The lowest BCUT2D eigenvalue weighted by atomic mass is 9.90. The fourth-order valence-corrected chi connectivity index (χ4v) is 4.35. The molecule has 1 N–H and O–H groups in total. The number of aliphatic carboxylic acids is 1. The highest BCUT2D eigenvalue weighted by atomic mass is 32.2. The van der Waals surface area contributed by atoms with Crippen molar-refractivity contribution < 1.29 is 19.4 Å². The van der Waals surface area contributed by atoms with E-state index in [9.17, 15) is 9.90 Å². The Kier molecular flexibility index (Phi) is 6.86. The highest BCUT2D eigenvalue weighted by molar-refractivity contribution is 7.98. The standard InChI is InChI=1S/C22H27NO4S/c1-26-18-7-4-8-19(27-2)20(18)21(15-9-11-17(28-3)12-10-15)23-13-5-6-16(14-23)22(24)25/h4,7-12,16,21H,5-6,13-14H2,1-3H3,(H,24,25). The van der Waals surface area contributed by atoms with Crippen molar-refractivity contribution in [3.63, 3.8) is 0 Å². The van der Waals surface area contributed by atoms with Gasteiger partial charge in [0.05, 0.1) is 31.7 Å². The van der Waals surface area contributed by atoms with Crippen molar-refractivity contribution in [2.24, 2.45) is 5.92 Å². The lowest BCUT2D eigenvalue weighted by Gasteiger charge is -2.38. The molecule has 6 heteroatoms. The summed E-state index contributed by atoms with van der Waals surface area (Å²) in [5.74, 6) is 0.405. The highest BCUT2D eigenvalue weighted by Crippen LogP contribution is 2.42. The zero-order valence-electron chi connectivity index (χ0n) is 16.6. The fourth-order valence-electron chi connectivity index (χ4n) is 3.94. The van der Waals surface area contributed by atoms with E-state index in [2.05, 4.69) is 35.4 Å². The molecular formula is C22H27NO4S. The lowest BCUT2D eigenvalue weighted by Crippen LogP contribution is -2.41. The van der Waals surface area contributed by atoms with Gasteiger partial charge in [-0.3, -0.25) is 9.69 Å². The molecule has 0 aromatic heterocycles. The largest absolute Gasteiger partial charge is 0.496 e. The van der Waals surface area contributed by atoms with Gasteiger partial charge in [-0.1, -0.05) is 18.2 Å². The molecule has 2 atom stereocenters. The van der Waals surface area contributed by atoms with Gasteiger partial charge in [-0.25, -0.2) is 0 Å². The van der Waals surface area contributed by atoms with E-state index in [4.69, 9.17) is 9.47 Å². The summed E-state index contributed by atoms with van der Waals surface area (Å²) in [4.78, 5) is 15.1. The number of rotatable bonds is 7. The van der Waals surface area contributed by atoms with Crippen molar-refractivity contribution in [1.29, 1.82) is 0 Å². The fraction of sp³-hybridized carbons (Fsp3) is 0.409. The molecule has 5 nitrogen and oxygen atoms in total. The number of piperidine rings is 1. The maximum absolute atomic E-state index is 11.6. The molecule has 0 spiro atoms. The molecule has 1 saturated heterocycles. The SMILES string of the molecule is COc1cccc(OC)c1C(c1ccc(SC)cc1)N1CCCC(C(=O)O)C1. The van der Waals surface area contributed by atoms with Crippen LogP contribution in [0, 0.1) is 5.92 Å². The number of carbonyl (C=O) groups is 1. The van der Waals surface area contributed by atoms with Gasteiger partial charge in [-0.2, -0.15) is 0 Å². The van der Waals surface area contributed by atoms with E-state index in [-0.39, 0.29) is 12.0 Å². The number of likely N-dealkylation sites (tertiary alicyclic amines) is 1. The molecule has 1 aliphatic rings. The van der Waals surface area contributed by atoms with Gasteiger partial charge < -0.3 is 14.6 Å². The van der Waals surface area contributed by atoms with E-state index < -0.39 is 5.97 Å². The number of hydrogen-bond acceptors (Lipinski definition) is 5. The van der Waals surface area contributed by atoms with E-state index >= 15 is 0 Å². The van der Waals surface area contributed by atoms with Crippen LogP contribution in [-0.4, -0.2) is 49.5 Å². The third-order valence-corrected chi connectivity index (χ3v) is 6.08. The Bertz CT molecular complexity index is 786. The predicted molar refractivity (Wildman–Crippen MR) is 112 cm³/mol. The molecule has 150 valence electrons. The van der Waals surface area contributed by atoms with Crippen LogP contribution in [0.4, 0.5) is 0 Å².